The molecule has 0 aromatic heterocycles. The summed E-state index contributed by atoms with van der Waals surface area (Å²) in [6, 6.07) is 27.1. The Balaban J connectivity index is 1.77. The maximum Gasteiger partial charge on any atom is 0.125 e. The number of aliphatic imine (C=N–C) groups is 1. The van der Waals surface area contributed by atoms with Crippen molar-refractivity contribution in [2.75, 3.05) is 12.9 Å². The van der Waals surface area contributed by atoms with Crippen molar-refractivity contribution in [3.8, 4) is 5.75 Å². The summed E-state index contributed by atoms with van der Waals surface area (Å²) >= 11 is 1.83. The minimum atomic E-state index is -0.326. The molecular weight excluding hydrogens is 338 g/mol. The Hall–Kier alpha value is -2.52. The maximum absolute atomic E-state index is 5.71. The van der Waals surface area contributed by atoms with E-state index in [4.69, 9.17) is 9.73 Å². The number of benzene rings is 3. The summed E-state index contributed by atoms with van der Waals surface area (Å²) in [6.45, 7) is 2.21. The lowest BCUT2D eigenvalue weighted by Crippen LogP contribution is -2.21. The molecule has 3 heteroatoms. The van der Waals surface area contributed by atoms with Crippen LogP contribution in [0, 0.1) is 0 Å². The van der Waals surface area contributed by atoms with Gasteiger partial charge in [0.1, 0.15) is 5.75 Å². The second kappa shape index (κ2) is 7.00. The lowest BCUT2D eigenvalue weighted by molar-refractivity contribution is 0.398. The summed E-state index contributed by atoms with van der Waals surface area (Å²) in [5.74, 6) is 1.77. The Morgan fingerprint density at radius 1 is 0.885 bits per heavy atom. The summed E-state index contributed by atoms with van der Waals surface area (Å²) in [4.78, 5) is 6.46. The number of hydrogen-bond donors (Lipinski definition) is 0. The number of rotatable bonds is 5. The van der Waals surface area contributed by atoms with E-state index < -0.39 is 0 Å². The van der Waals surface area contributed by atoms with Crippen LogP contribution in [0.15, 0.2) is 88.8 Å². The highest BCUT2D eigenvalue weighted by Gasteiger charge is 2.39. The maximum atomic E-state index is 5.71. The van der Waals surface area contributed by atoms with Crippen molar-refractivity contribution in [1.29, 1.82) is 0 Å². The zero-order chi connectivity index (χ0) is 18.0. The fraction of sp³-hybridized carbons (Fsp3) is 0.174. The number of hydrogen-bond acceptors (Lipinski definition) is 3. The first-order chi connectivity index (χ1) is 12.7. The normalized spacial score (nSPS) is 18.3. The third-order valence-electron chi connectivity index (χ3n) is 4.71. The number of thioether (sulfide) groups is 1. The van der Waals surface area contributed by atoms with Gasteiger partial charge in [-0.15, -0.1) is 11.8 Å². The molecule has 0 amide bonds. The molecule has 1 atom stereocenters. The number of methoxy groups -OCH3 is 1. The van der Waals surface area contributed by atoms with E-state index in [-0.39, 0.29) is 5.54 Å². The molecule has 3 aromatic rings. The zero-order valence-corrected chi connectivity index (χ0v) is 15.8. The average Bonchev–Trinajstić information content (AvgIpc) is 3.02. The molecule has 130 valence electrons. The summed E-state index contributed by atoms with van der Waals surface area (Å²) < 4.78 is 5.71. The molecule has 1 heterocycles. The number of nitrogens with zero attached hydrogens (tertiary/aromatic N) is 1. The fourth-order valence-electron chi connectivity index (χ4n) is 3.48. The van der Waals surface area contributed by atoms with Gasteiger partial charge < -0.3 is 4.74 Å². The summed E-state index contributed by atoms with van der Waals surface area (Å²) in [6.07, 6.45) is 0. The molecule has 0 saturated carbocycles. The van der Waals surface area contributed by atoms with Gasteiger partial charge in [-0.1, -0.05) is 60.7 Å². The van der Waals surface area contributed by atoms with E-state index in [0.717, 1.165) is 22.8 Å². The van der Waals surface area contributed by atoms with Crippen molar-refractivity contribution in [2.24, 2.45) is 4.99 Å². The minimum Gasteiger partial charge on any atom is -0.496 e. The van der Waals surface area contributed by atoms with E-state index in [2.05, 4.69) is 61.5 Å². The standard InChI is InChI=1S/C23H21NOS/c1-23(16-26-18-12-7-4-8-13-18)21-19(14-9-15-20(21)25-2)22(24-23)17-10-5-3-6-11-17/h3-15H,16H2,1-2H3. The number of ether oxygens (including phenoxy) is 1. The van der Waals surface area contributed by atoms with E-state index >= 15 is 0 Å². The van der Waals surface area contributed by atoms with E-state index in [1.807, 2.05) is 36.0 Å². The largest absolute Gasteiger partial charge is 0.496 e. The van der Waals surface area contributed by atoms with Crippen molar-refractivity contribution < 1.29 is 4.74 Å². The van der Waals surface area contributed by atoms with Gasteiger partial charge >= 0.3 is 0 Å². The molecule has 3 aromatic carbocycles. The molecule has 0 aliphatic carbocycles. The Bertz CT molecular complexity index is 937. The highest BCUT2D eigenvalue weighted by molar-refractivity contribution is 7.99. The monoisotopic (exact) mass is 359 g/mol. The molecule has 1 aliphatic rings. The smallest absolute Gasteiger partial charge is 0.125 e. The summed E-state index contributed by atoms with van der Waals surface area (Å²) in [7, 11) is 1.74. The van der Waals surface area contributed by atoms with E-state index in [1.54, 1.807) is 7.11 Å². The molecule has 2 nitrogen and oxygen atoms in total. The van der Waals surface area contributed by atoms with Crippen LogP contribution in [0.4, 0.5) is 0 Å². The van der Waals surface area contributed by atoms with Gasteiger partial charge in [-0.2, -0.15) is 0 Å². The second-order valence-electron chi connectivity index (χ2n) is 6.58. The number of fused-ring (bicyclic) bond motifs is 1. The minimum absolute atomic E-state index is 0.326. The van der Waals surface area contributed by atoms with Crippen LogP contribution in [0.25, 0.3) is 0 Å². The first kappa shape index (κ1) is 16.9. The Morgan fingerprint density at radius 2 is 1.58 bits per heavy atom. The molecule has 0 fully saturated rings. The third-order valence-corrected chi connectivity index (χ3v) is 6.02. The van der Waals surface area contributed by atoms with Crippen LogP contribution in [0.1, 0.15) is 23.6 Å². The van der Waals surface area contributed by atoms with Gasteiger partial charge in [0.05, 0.1) is 18.4 Å². The lowest BCUT2D eigenvalue weighted by atomic mass is 9.90. The van der Waals surface area contributed by atoms with Gasteiger partial charge in [-0.3, -0.25) is 4.99 Å². The Morgan fingerprint density at radius 3 is 2.27 bits per heavy atom. The highest BCUT2D eigenvalue weighted by atomic mass is 32.2. The molecule has 0 saturated heterocycles. The van der Waals surface area contributed by atoms with Gasteiger partial charge in [0.25, 0.3) is 0 Å². The third kappa shape index (κ3) is 3.04. The van der Waals surface area contributed by atoms with Gasteiger partial charge in [0, 0.05) is 27.3 Å². The van der Waals surface area contributed by atoms with Crippen molar-refractivity contribution in [2.45, 2.75) is 17.4 Å². The van der Waals surface area contributed by atoms with E-state index in [1.165, 1.54) is 16.0 Å². The predicted octanol–water partition coefficient (Wildman–Crippen LogP) is 5.55. The van der Waals surface area contributed by atoms with Crippen molar-refractivity contribution in [3.63, 3.8) is 0 Å². The van der Waals surface area contributed by atoms with Crippen LogP contribution < -0.4 is 4.74 Å². The molecule has 0 N–H and O–H groups in total. The highest BCUT2D eigenvalue weighted by Crippen LogP contribution is 2.45. The lowest BCUT2D eigenvalue weighted by Gasteiger charge is -2.24. The fourth-order valence-corrected chi connectivity index (χ4v) is 4.48. The van der Waals surface area contributed by atoms with Crippen molar-refractivity contribution >= 4 is 17.5 Å². The zero-order valence-electron chi connectivity index (χ0n) is 15.0. The first-order valence-electron chi connectivity index (χ1n) is 8.72. The predicted molar refractivity (Wildman–Crippen MR) is 110 cm³/mol. The van der Waals surface area contributed by atoms with E-state index in [0.29, 0.717) is 0 Å². The quantitative estimate of drug-likeness (QED) is 0.557. The topological polar surface area (TPSA) is 21.6 Å². The van der Waals surface area contributed by atoms with E-state index in [9.17, 15) is 0 Å². The molecule has 0 bridgehead atoms. The van der Waals surface area contributed by atoms with Crippen LogP contribution >= 0.6 is 11.8 Å². The first-order valence-corrected chi connectivity index (χ1v) is 9.71. The molecule has 1 unspecified atom stereocenters. The van der Waals surface area contributed by atoms with Crippen LogP contribution in [0.5, 0.6) is 5.75 Å². The molecular formula is C23H21NOS. The van der Waals surface area contributed by atoms with Crippen LogP contribution in [0.3, 0.4) is 0 Å². The second-order valence-corrected chi connectivity index (χ2v) is 7.63. The van der Waals surface area contributed by atoms with Crippen molar-refractivity contribution in [1.82, 2.24) is 0 Å². The molecule has 0 radical (unpaired) electrons. The summed E-state index contributed by atoms with van der Waals surface area (Å²) in [5.41, 5.74) is 4.23. The Kier molecular flexibility index (Phi) is 4.56. The van der Waals surface area contributed by atoms with Gasteiger partial charge in [-0.05, 0) is 25.1 Å². The van der Waals surface area contributed by atoms with Crippen molar-refractivity contribution in [3.05, 3.63) is 95.6 Å². The average molecular weight is 359 g/mol. The summed E-state index contributed by atoms with van der Waals surface area (Å²) in [5, 5.41) is 0. The molecule has 1 aliphatic heterocycles. The molecule has 26 heavy (non-hydrogen) atoms. The van der Waals surface area contributed by atoms with Gasteiger partial charge in [-0.25, -0.2) is 0 Å². The SMILES string of the molecule is COc1cccc2c1C(C)(CSc1ccccc1)N=C2c1ccccc1. The molecule has 0 spiro atoms. The van der Waals surface area contributed by atoms with Crippen LogP contribution in [0.2, 0.25) is 0 Å². The van der Waals surface area contributed by atoms with Gasteiger partial charge in [0.15, 0.2) is 0 Å². The van der Waals surface area contributed by atoms with Crippen LogP contribution in [-0.4, -0.2) is 18.6 Å². The van der Waals surface area contributed by atoms with Crippen LogP contribution in [-0.2, 0) is 5.54 Å². The molecule has 4 rings (SSSR count). The van der Waals surface area contributed by atoms with Gasteiger partial charge in [0.2, 0.25) is 0 Å². The Labute approximate surface area is 158 Å².